The number of ether oxygens (including phenoxy) is 1. The fourth-order valence-corrected chi connectivity index (χ4v) is 4.66. The van der Waals surface area contributed by atoms with Crippen LogP contribution in [-0.2, 0) is 19.6 Å². The number of nitriles is 1. The van der Waals surface area contributed by atoms with Crippen LogP contribution in [0.4, 0.5) is 0 Å². The van der Waals surface area contributed by atoms with Crippen molar-refractivity contribution in [3.8, 4) is 22.9 Å². The smallest absolute Gasteiger partial charge is 0.121 e. The molecule has 4 aromatic rings. The molecule has 0 fully saturated rings. The van der Waals surface area contributed by atoms with Gasteiger partial charge in [-0.1, -0.05) is 41.4 Å². The third kappa shape index (κ3) is 3.53. The van der Waals surface area contributed by atoms with Crippen LogP contribution < -0.4 is 4.74 Å². The number of imidazole rings is 1. The second-order valence-corrected chi connectivity index (χ2v) is 8.36. The van der Waals surface area contributed by atoms with Crippen LogP contribution in [0.3, 0.4) is 0 Å². The van der Waals surface area contributed by atoms with Crippen LogP contribution >= 0.6 is 23.2 Å². The van der Waals surface area contributed by atoms with Crippen LogP contribution in [0.15, 0.2) is 48.5 Å². The molecule has 1 aliphatic rings. The summed E-state index contributed by atoms with van der Waals surface area (Å²) in [4.78, 5) is 10.3. The van der Waals surface area contributed by atoms with Crippen molar-refractivity contribution in [3.05, 3.63) is 81.1 Å². The second-order valence-electron chi connectivity index (χ2n) is 7.55. The van der Waals surface area contributed by atoms with Gasteiger partial charge in [-0.15, -0.1) is 0 Å². The first-order valence-corrected chi connectivity index (χ1v) is 10.6. The maximum absolute atomic E-state index is 9.41. The molecular formula is C24H18Cl2N4O. The average molecular weight is 449 g/mol. The van der Waals surface area contributed by atoms with Crippen LogP contribution in [0.5, 0.6) is 5.75 Å². The zero-order chi connectivity index (χ0) is 21.5. The van der Waals surface area contributed by atoms with Gasteiger partial charge in [0.2, 0.25) is 0 Å². The molecule has 31 heavy (non-hydrogen) atoms. The highest BCUT2D eigenvalue weighted by atomic mass is 35.5. The minimum Gasteiger partial charge on any atom is -0.497 e. The number of rotatable bonds is 4. The molecule has 5 nitrogen and oxygen atoms in total. The lowest BCUT2D eigenvalue weighted by Crippen LogP contribution is -2.16. The van der Waals surface area contributed by atoms with Gasteiger partial charge in [0.25, 0.3) is 0 Å². The number of halogens is 2. The Balaban J connectivity index is 1.44. The third-order valence-corrected chi connectivity index (χ3v) is 6.28. The fraction of sp³-hybridized carbons (Fsp3) is 0.167. The SMILES string of the molecule is COc1ccc(-c2cccc3c2CN(Cc2nc4c(C#N)c(Cl)ccc4[nH]2)C3)c(Cl)c1. The molecule has 0 radical (unpaired) electrons. The predicted octanol–water partition coefficient (Wildman–Crippen LogP) is 5.93. The number of hydrogen-bond donors (Lipinski definition) is 1. The van der Waals surface area contributed by atoms with Gasteiger partial charge in [-0.25, -0.2) is 4.98 Å². The van der Waals surface area contributed by atoms with E-state index in [1.807, 2.05) is 24.3 Å². The van der Waals surface area contributed by atoms with Gasteiger partial charge in [-0.3, -0.25) is 4.90 Å². The van der Waals surface area contributed by atoms with Gasteiger partial charge in [-0.05, 0) is 47.0 Å². The molecule has 2 heterocycles. The zero-order valence-electron chi connectivity index (χ0n) is 16.7. The molecule has 1 aliphatic heterocycles. The largest absolute Gasteiger partial charge is 0.497 e. The van der Waals surface area contributed by atoms with Crippen molar-refractivity contribution in [2.75, 3.05) is 7.11 Å². The van der Waals surface area contributed by atoms with Gasteiger partial charge in [0.1, 0.15) is 23.2 Å². The van der Waals surface area contributed by atoms with Gasteiger partial charge in [0.15, 0.2) is 0 Å². The van der Waals surface area contributed by atoms with Crippen molar-refractivity contribution in [2.24, 2.45) is 0 Å². The monoisotopic (exact) mass is 448 g/mol. The predicted molar refractivity (Wildman–Crippen MR) is 122 cm³/mol. The average Bonchev–Trinajstić information content (AvgIpc) is 3.36. The Hall–Kier alpha value is -3.04. The number of H-pyrrole nitrogens is 1. The van der Waals surface area contributed by atoms with Crippen molar-refractivity contribution in [1.29, 1.82) is 5.26 Å². The molecule has 3 aromatic carbocycles. The van der Waals surface area contributed by atoms with E-state index in [0.29, 0.717) is 27.7 Å². The quantitative estimate of drug-likeness (QED) is 0.419. The van der Waals surface area contributed by atoms with Crippen LogP contribution in [0.1, 0.15) is 22.5 Å². The highest BCUT2D eigenvalue weighted by Gasteiger charge is 2.24. The maximum Gasteiger partial charge on any atom is 0.121 e. The number of nitrogens with zero attached hydrogens (tertiary/aromatic N) is 3. The van der Waals surface area contributed by atoms with E-state index >= 15 is 0 Å². The molecule has 0 spiro atoms. The summed E-state index contributed by atoms with van der Waals surface area (Å²) in [5, 5.41) is 10.5. The van der Waals surface area contributed by atoms with E-state index in [9.17, 15) is 5.26 Å². The van der Waals surface area contributed by atoms with Gasteiger partial charge in [-0.2, -0.15) is 5.26 Å². The van der Waals surface area contributed by atoms with Crippen LogP contribution in [0.25, 0.3) is 22.2 Å². The van der Waals surface area contributed by atoms with E-state index in [-0.39, 0.29) is 0 Å². The second kappa shape index (κ2) is 7.90. The highest BCUT2D eigenvalue weighted by Crippen LogP contribution is 2.38. The molecule has 1 N–H and O–H groups in total. The van der Waals surface area contributed by atoms with E-state index in [2.05, 4.69) is 39.1 Å². The van der Waals surface area contributed by atoms with E-state index in [0.717, 1.165) is 41.3 Å². The van der Waals surface area contributed by atoms with Crippen molar-refractivity contribution in [1.82, 2.24) is 14.9 Å². The first-order valence-electron chi connectivity index (χ1n) is 9.81. The van der Waals surface area contributed by atoms with Crippen LogP contribution in [-0.4, -0.2) is 22.0 Å². The number of fused-ring (bicyclic) bond motifs is 2. The normalized spacial score (nSPS) is 13.4. The molecule has 0 aliphatic carbocycles. The Bertz CT molecular complexity index is 1360. The summed E-state index contributed by atoms with van der Waals surface area (Å²) >= 11 is 12.7. The molecule has 0 bridgehead atoms. The van der Waals surface area contributed by atoms with Crippen LogP contribution in [0, 0.1) is 11.3 Å². The van der Waals surface area contributed by atoms with E-state index < -0.39 is 0 Å². The van der Waals surface area contributed by atoms with E-state index in [4.69, 9.17) is 27.9 Å². The molecule has 0 amide bonds. The summed E-state index contributed by atoms with van der Waals surface area (Å²) in [7, 11) is 1.63. The minimum absolute atomic E-state index is 0.405. The number of hydrogen-bond acceptors (Lipinski definition) is 4. The van der Waals surface area contributed by atoms with Crippen molar-refractivity contribution in [3.63, 3.8) is 0 Å². The molecule has 7 heteroatoms. The fourth-order valence-electron chi connectivity index (χ4n) is 4.19. The number of benzene rings is 3. The lowest BCUT2D eigenvalue weighted by atomic mass is 9.97. The highest BCUT2D eigenvalue weighted by molar-refractivity contribution is 6.33. The molecular weight excluding hydrogens is 431 g/mol. The molecule has 1 aromatic heterocycles. The van der Waals surface area contributed by atoms with E-state index in [1.54, 1.807) is 13.2 Å². The first kappa shape index (κ1) is 19.9. The van der Waals surface area contributed by atoms with Crippen molar-refractivity contribution in [2.45, 2.75) is 19.6 Å². The third-order valence-electron chi connectivity index (χ3n) is 5.65. The topological polar surface area (TPSA) is 64.9 Å². The van der Waals surface area contributed by atoms with Gasteiger partial charge in [0, 0.05) is 18.7 Å². The minimum atomic E-state index is 0.405. The number of aromatic nitrogens is 2. The zero-order valence-corrected chi connectivity index (χ0v) is 18.3. The Labute approximate surface area is 189 Å². The number of aromatic amines is 1. The summed E-state index contributed by atoms with van der Waals surface area (Å²) in [6.45, 7) is 2.25. The van der Waals surface area contributed by atoms with E-state index in [1.165, 1.54) is 11.1 Å². The van der Waals surface area contributed by atoms with Crippen molar-refractivity contribution < 1.29 is 4.74 Å². The lowest BCUT2D eigenvalue weighted by Gasteiger charge is -2.13. The lowest BCUT2D eigenvalue weighted by molar-refractivity contribution is 0.269. The summed E-state index contributed by atoms with van der Waals surface area (Å²) in [5.41, 5.74) is 6.52. The molecule has 154 valence electrons. The maximum atomic E-state index is 9.41. The van der Waals surface area contributed by atoms with Gasteiger partial charge < -0.3 is 9.72 Å². The van der Waals surface area contributed by atoms with Crippen molar-refractivity contribution >= 4 is 34.2 Å². The Kier molecular flexibility index (Phi) is 5.07. The summed E-state index contributed by atoms with van der Waals surface area (Å²) < 4.78 is 5.28. The molecule has 0 saturated heterocycles. The Morgan fingerprint density at radius 2 is 1.97 bits per heavy atom. The molecule has 0 unspecified atom stereocenters. The first-order chi connectivity index (χ1) is 15.1. The Morgan fingerprint density at radius 3 is 2.74 bits per heavy atom. The standard InChI is InChI=1S/C24H18Cl2N4O/c1-31-15-5-6-17(21(26)9-15)16-4-2-3-14-11-30(12-19(14)16)13-23-28-22-8-7-20(25)18(10-27)24(22)29-23/h2-9H,11-13H2,1H3,(H,28,29). The summed E-state index contributed by atoms with van der Waals surface area (Å²) in [6, 6.07) is 17.8. The Morgan fingerprint density at radius 1 is 1.10 bits per heavy atom. The molecule has 5 rings (SSSR count). The molecule has 0 atom stereocenters. The number of methoxy groups -OCH3 is 1. The summed E-state index contributed by atoms with van der Waals surface area (Å²) in [5.74, 6) is 1.55. The summed E-state index contributed by atoms with van der Waals surface area (Å²) in [6.07, 6.45) is 0. The molecule has 0 saturated carbocycles. The number of nitrogens with one attached hydrogen (secondary N) is 1. The van der Waals surface area contributed by atoms with Gasteiger partial charge in [0.05, 0.1) is 34.8 Å². The van der Waals surface area contributed by atoms with Crippen LogP contribution in [0.2, 0.25) is 10.0 Å². The van der Waals surface area contributed by atoms with Gasteiger partial charge >= 0.3 is 0 Å².